The number of anilines is 1. The van der Waals surface area contributed by atoms with Crippen LogP contribution in [0.1, 0.15) is 38.1 Å². The third kappa shape index (κ3) is 12.3. The molecule has 7 atom stereocenters. The molecule has 24 nitrogen and oxygen atoms in total. The molecule has 50 heavy (non-hydrogen) atoms. The van der Waals surface area contributed by atoms with E-state index >= 15 is 0 Å². The van der Waals surface area contributed by atoms with Crippen LogP contribution in [0.15, 0.2) is 18.9 Å². The number of aliphatic hydroxyl groups is 1. The number of rotatable bonds is 20. The second kappa shape index (κ2) is 17.3. The first kappa shape index (κ1) is 40.3. The lowest BCUT2D eigenvalue weighted by Crippen LogP contribution is -2.26. The summed E-state index contributed by atoms with van der Waals surface area (Å²) in [6, 6.07) is 0. The monoisotopic (exact) mass is 790 g/mol. The highest BCUT2D eigenvalue weighted by Gasteiger charge is 2.44. The van der Waals surface area contributed by atoms with Crippen molar-refractivity contribution in [2.24, 2.45) is 0 Å². The Labute approximate surface area is 283 Å². The largest absolute Gasteiger partial charge is 0.490 e. The number of unbranched alkanes of at least 4 members (excludes halogenated alkanes) is 1. The van der Waals surface area contributed by atoms with Gasteiger partial charge in [-0.3, -0.25) is 22.7 Å². The van der Waals surface area contributed by atoms with E-state index in [0.29, 0.717) is 30.6 Å². The van der Waals surface area contributed by atoms with Gasteiger partial charge in [0.25, 0.3) is 0 Å². The van der Waals surface area contributed by atoms with Crippen molar-refractivity contribution in [3.05, 3.63) is 24.5 Å². The molecule has 0 spiro atoms. The number of aromatic nitrogens is 7. The van der Waals surface area contributed by atoms with Gasteiger partial charge in [-0.05, 0) is 26.2 Å². The van der Waals surface area contributed by atoms with Crippen LogP contribution in [0.5, 0.6) is 0 Å². The Morgan fingerprint density at radius 2 is 1.68 bits per heavy atom. The SMILES string of the molecule is CC#CCOP(=O)(O)OCCCCc1cn(CCOP(=O)(O)OP(=O)(O)OP(=O)(O)OC[C@@H]2O[C@H](n3cnc4c(N)ncnc43)CC2O)nn1. The van der Waals surface area contributed by atoms with Crippen molar-refractivity contribution in [2.75, 3.05) is 32.2 Å². The van der Waals surface area contributed by atoms with Crippen molar-refractivity contribution < 1.29 is 74.4 Å². The molecule has 1 aliphatic heterocycles. The Bertz CT molecular complexity index is 1870. The van der Waals surface area contributed by atoms with Gasteiger partial charge in [0.2, 0.25) is 0 Å². The van der Waals surface area contributed by atoms with E-state index in [1.807, 2.05) is 0 Å². The summed E-state index contributed by atoms with van der Waals surface area (Å²) in [6.45, 7) is -0.328. The molecule has 4 heterocycles. The lowest BCUT2D eigenvalue weighted by Gasteiger charge is -2.20. The molecule has 1 aliphatic rings. The van der Waals surface area contributed by atoms with Crippen molar-refractivity contribution in [2.45, 2.75) is 57.6 Å². The Hall–Kier alpha value is -2.51. The molecule has 3 aromatic heterocycles. The van der Waals surface area contributed by atoms with Crippen molar-refractivity contribution in [3.8, 4) is 11.8 Å². The fourth-order valence-corrected chi connectivity index (χ4v) is 8.39. The van der Waals surface area contributed by atoms with Gasteiger partial charge in [0.1, 0.15) is 30.8 Å². The normalized spacial score (nSPS) is 22.6. The van der Waals surface area contributed by atoms with E-state index in [0.717, 1.165) is 0 Å². The van der Waals surface area contributed by atoms with Crippen LogP contribution in [-0.4, -0.2) is 97.8 Å². The summed E-state index contributed by atoms with van der Waals surface area (Å²) in [6.07, 6.45) is 1.97. The summed E-state index contributed by atoms with van der Waals surface area (Å²) in [5.74, 6) is 5.10. The molecule has 5 unspecified atom stereocenters. The molecule has 0 radical (unpaired) electrons. The number of aryl methyl sites for hydroxylation is 1. The average molecular weight is 790 g/mol. The Morgan fingerprint density at radius 3 is 2.42 bits per heavy atom. The molecular formula is C22H34N8O16P4. The fourth-order valence-electron chi connectivity index (χ4n) is 4.23. The first-order valence-corrected chi connectivity index (χ1v) is 20.3. The van der Waals surface area contributed by atoms with Crippen LogP contribution in [0.25, 0.3) is 11.2 Å². The number of aliphatic hydroxyl groups excluding tert-OH is 1. The minimum atomic E-state index is -5.75. The van der Waals surface area contributed by atoms with Crippen LogP contribution in [0.2, 0.25) is 0 Å². The van der Waals surface area contributed by atoms with E-state index in [1.165, 1.54) is 28.1 Å². The zero-order valence-electron chi connectivity index (χ0n) is 26.1. The number of imidazole rings is 1. The van der Waals surface area contributed by atoms with E-state index in [4.69, 9.17) is 15.0 Å². The molecule has 1 fully saturated rings. The number of phosphoric ester groups is 3. The van der Waals surface area contributed by atoms with Crippen LogP contribution < -0.4 is 5.73 Å². The van der Waals surface area contributed by atoms with Gasteiger partial charge in [-0.15, -0.1) is 11.0 Å². The number of phosphoric acid groups is 4. The van der Waals surface area contributed by atoms with Crippen LogP contribution >= 0.6 is 31.3 Å². The molecule has 7 N–H and O–H groups in total. The van der Waals surface area contributed by atoms with Gasteiger partial charge in [-0.1, -0.05) is 11.1 Å². The third-order valence-electron chi connectivity index (χ3n) is 6.44. The molecule has 28 heteroatoms. The average Bonchev–Trinajstić information content (AvgIpc) is 3.73. The molecule has 4 rings (SSSR count). The third-order valence-corrected chi connectivity index (χ3v) is 11.7. The van der Waals surface area contributed by atoms with Gasteiger partial charge >= 0.3 is 31.3 Å². The van der Waals surface area contributed by atoms with E-state index in [2.05, 4.69) is 59.3 Å². The van der Waals surface area contributed by atoms with Crippen LogP contribution in [0.4, 0.5) is 5.82 Å². The number of hydrogen-bond acceptors (Lipinski definition) is 18. The predicted molar refractivity (Wildman–Crippen MR) is 166 cm³/mol. The lowest BCUT2D eigenvalue weighted by atomic mass is 10.2. The maximum absolute atomic E-state index is 12.4. The van der Waals surface area contributed by atoms with Gasteiger partial charge in [0.05, 0.1) is 44.5 Å². The second-order valence-corrected chi connectivity index (χ2v) is 16.2. The van der Waals surface area contributed by atoms with Crippen LogP contribution in [0, 0.1) is 11.8 Å². The van der Waals surface area contributed by atoms with E-state index < -0.39 is 62.9 Å². The number of fused-ring (bicyclic) bond motifs is 1. The molecule has 0 bridgehead atoms. The maximum atomic E-state index is 12.4. The molecule has 0 amide bonds. The number of nitrogens with zero attached hydrogens (tertiary/aromatic N) is 7. The first-order valence-electron chi connectivity index (χ1n) is 14.4. The molecule has 1 saturated heterocycles. The minimum absolute atomic E-state index is 0.0270. The standard InChI is InChI=1S/C22H34N8O16P4/c1-2-3-8-40-47(32,33)41-9-5-4-6-16-12-29(28-27-16)7-10-42-48(34,35)45-50(38,39)46-49(36,37)43-13-18-17(31)11-19(44-18)30-15-26-20-21(23)24-14-25-22(20)30/h12,14-15,17-19,31H,4-11,13H2,1H3,(H,32,33)(H,34,35)(H,36,37)(H,38,39)(H2,23,24,25)/t17?,18-,19-/m0/s1. The molecule has 0 saturated carbocycles. The van der Waals surface area contributed by atoms with Crippen molar-refractivity contribution in [1.29, 1.82) is 0 Å². The molecular weight excluding hydrogens is 756 g/mol. The summed E-state index contributed by atoms with van der Waals surface area (Å²) in [5.41, 5.74) is 6.85. The number of nitrogens with two attached hydrogens (primary N) is 1. The zero-order valence-corrected chi connectivity index (χ0v) is 29.6. The second-order valence-electron chi connectivity index (χ2n) is 10.1. The van der Waals surface area contributed by atoms with Gasteiger partial charge in [0, 0.05) is 12.6 Å². The molecule has 3 aromatic rings. The predicted octanol–water partition coefficient (Wildman–Crippen LogP) is 1.20. The van der Waals surface area contributed by atoms with Crippen molar-refractivity contribution in [1.82, 2.24) is 34.5 Å². The summed E-state index contributed by atoms with van der Waals surface area (Å²) in [4.78, 5) is 51.2. The van der Waals surface area contributed by atoms with Crippen molar-refractivity contribution >= 4 is 48.3 Å². The number of hydrogen-bond donors (Lipinski definition) is 6. The fraction of sp³-hybridized carbons (Fsp3) is 0.591. The Morgan fingerprint density at radius 1 is 0.960 bits per heavy atom. The summed E-state index contributed by atoms with van der Waals surface area (Å²) in [7, 11) is -20.7. The van der Waals surface area contributed by atoms with Gasteiger partial charge < -0.3 is 35.2 Å². The van der Waals surface area contributed by atoms with Gasteiger partial charge in [0.15, 0.2) is 11.5 Å². The minimum Gasteiger partial charge on any atom is -0.390 e. The molecule has 0 aromatic carbocycles. The highest BCUT2D eigenvalue weighted by Crippen LogP contribution is 2.67. The summed E-state index contributed by atoms with van der Waals surface area (Å²) < 4.78 is 83.8. The van der Waals surface area contributed by atoms with E-state index in [-0.39, 0.29) is 37.5 Å². The molecule has 0 aliphatic carbocycles. The van der Waals surface area contributed by atoms with Crippen LogP contribution in [-0.2, 0) is 62.7 Å². The van der Waals surface area contributed by atoms with Gasteiger partial charge in [-0.2, -0.15) is 8.62 Å². The van der Waals surface area contributed by atoms with E-state index in [1.54, 1.807) is 6.92 Å². The number of nitrogen functional groups attached to an aromatic ring is 1. The maximum Gasteiger partial charge on any atom is 0.490 e. The lowest BCUT2D eigenvalue weighted by molar-refractivity contribution is -0.0423. The first-order chi connectivity index (χ1) is 23.5. The smallest absolute Gasteiger partial charge is 0.390 e. The van der Waals surface area contributed by atoms with Crippen LogP contribution in [0.3, 0.4) is 0 Å². The van der Waals surface area contributed by atoms with Crippen molar-refractivity contribution in [3.63, 3.8) is 0 Å². The Balaban J connectivity index is 1.16. The Kier molecular flexibility index (Phi) is 14.0. The quantitative estimate of drug-likeness (QED) is 0.0532. The van der Waals surface area contributed by atoms with Gasteiger partial charge in [-0.25, -0.2) is 37.9 Å². The van der Waals surface area contributed by atoms with E-state index in [9.17, 15) is 42.9 Å². The molecule has 278 valence electrons. The topological polar surface area (TPSA) is 334 Å². The highest BCUT2D eigenvalue weighted by molar-refractivity contribution is 7.66. The highest BCUT2D eigenvalue weighted by atomic mass is 31.3. The summed E-state index contributed by atoms with van der Waals surface area (Å²) >= 11 is 0. The number of ether oxygens (including phenoxy) is 1. The summed E-state index contributed by atoms with van der Waals surface area (Å²) in [5, 5.41) is 18.1. The zero-order chi connectivity index (χ0) is 36.6.